The van der Waals surface area contributed by atoms with Crippen LogP contribution in [0.15, 0.2) is 48.5 Å². The molecule has 5 heteroatoms. The molecule has 1 fully saturated rings. The first-order valence-electron chi connectivity index (χ1n) is 10.4. The van der Waals surface area contributed by atoms with Gasteiger partial charge in [-0.15, -0.1) is 0 Å². The molecule has 29 heavy (non-hydrogen) atoms. The van der Waals surface area contributed by atoms with Crippen molar-refractivity contribution in [1.29, 1.82) is 0 Å². The van der Waals surface area contributed by atoms with Gasteiger partial charge in [-0.2, -0.15) is 0 Å². The van der Waals surface area contributed by atoms with Crippen molar-refractivity contribution in [2.24, 2.45) is 11.8 Å². The highest BCUT2D eigenvalue weighted by atomic mass is 35.5. The smallest absolute Gasteiger partial charge is 0.223 e. The lowest BCUT2D eigenvalue weighted by Gasteiger charge is -2.32. The lowest BCUT2D eigenvalue weighted by atomic mass is 9.92. The summed E-state index contributed by atoms with van der Waals surface area (Å²) in [4.78, 5) is 15.1. The quantitative estimate of drug-likeness (QED) is 0.637. The summed E-state index contributed by atoms with van der Waals surface area (Å²) in [5.41, 5.74) is 1.69. The van der Waals surface area contributed by atoms with Gasteiger partial charge in [0.1, 0.15) is 5.82 Å². The molecule has 1 atom stereocenters. The second-order valence-electron chi connectivity index (χ2n) is 8.35. The molecule has 3 nitrogen and oxygen atoms in total. The number of hydrogen-bond acceptors (Lipinski definition) is 2. The SMILES string of the molecule is CC(C)C[C@H](NC(=O)C1CCN(Cc2c(F)cccc2Cl)CC1)c1ccccc1. The van der Waals surface area contributed by atoms with Gasteiger partial charge >= 0.3 is 0 Å². The van der Waals surface area contributed by atoms with E-state index in [1.807, 2.05) is 18.2 Å². The molecule has 1 aliphatic rings. The molecule has 0 aromatic heterocycles. The Labute approximate surface area is 178 Å². The third-order valence-corrected chi connectivity index (χ3v) is 5.98. The van der Waals surface area contributed by atoms with Crippen LogP contribution in [0.4, 0.5) is 4.39 Å². The first-order chi connectivity index (χ1) is 13.9. The van der Waals surface area contributed by atoms with Gasteiger partial charge in [-0.3, -0.25) is 9.69 Å². The van der Waals surface area contributed by atoms with Gasteiger partial charge in [0, 0.05) is 23.0 Å². The monoisotopic (exact) mass is 416 g/mol. The normalized spacial score (nSPS) is 16.7. The Morgan fingerprint density at radius 1 is 1.14 bits per heavy atom. The molecule has 1 N–H and O–H groups in total. The zero-order valence-corrected chi connectivity index (χ0v) is 18.0. The predicted octanol–water partition coefficient (Wildman–Crippen LogP) is 5.59. The molecule has 2 aromatic rings. The first-order valence-corrected chi connectivity index (χ1v) is 10.8. The Morgan fingerprint density at radius 2 is 1.83 bits per heavy atom. The molecular formula is C24H30ClFN2O. The Morgan fingerprint density at radius 3 is 2.45 bits per heavy atom. The molecule has 1 amide bonds. The average Bonchev–Trinajstić information content (AvgIpc) is 2.71. The van der Waals surface area contributed by atoms with Crippen LogP contribution in [0, 0.1) is 17.7 Å². The van der Waals surface area contributed by atoms with Gasteiger partial charge in [0.2, 0.25) is 5.91 Å². The highest BCUT2D eigenvalue weighted by Gasteiger charge is 2.27. The summed E-state index contributed by atoms with van der Waals surface area (Å²) in [6.45, 7) is 6.37. The van der Waals surface area contributed by atoms with Gasteiger partial charge in [0.25, 0.3) is 0 Å². The molecule has 0 radical (unpaired) electrons. The minimum Gasteiger partial charge on any atom is -0.349 e. The third kappa shape index (κ3) is 6.03. The zero-order chi connectivity index (χ0) is 20.8. The number of halogens is 2. The lowest BCUT2D eigenvalue weighted by Crippen LogP contribution is -2.41. The summed E-state index contributed by atoms with van der Waals surface area (Å²) in [5, 5.41) is 3.74. The van der Waals surface area contributed by atoms with E-state index >= 15 is 0 Å². The molecule has 1 heterocycles. The fourth-order valence-corrected chi connectivity index (χ4v) is 4.21. The first kappa shape index (κ1) is 21.8. The van der Waals surface area contributed by atoms with E-state index < -0.39 is 0 Å². The van der Waals surface area contributed by atoms with Crippen molar-refractivity contribution in [1.82, 2.24) is 10.2 Å². The number of nitrogens with one attached hydrogen (secondary N) is 1. The minimum absolute atomic E-state index is 0.000664. The third-order valence-electron chi connectivity index (χ3n) is 5.63. The number of amides is 1. The van der Waals surface area contributed by atoms with Gasteiger partial charge in [-0.25, -0.2) is 4.39 Å². The summed E-state index contributed by atoms with van der Waals surface area (Å²) < 4.78 is 14.0. The molecular weight excluding hydrogens is 387 g/mol. The van der Waals surface area contributed by atoms with Gasteiger partial charge < -0.3 is 5.32 Å². The average molecular weight is 417 g/mol. The van der Waals surface area contributed by atoms with Crippen molar-refractivity contribution < 1.29 is 9.18 Å². The van der Waals surface area contributed by atoms with Gasteiger partial charge in [0.15, 0.2) is 0 Å². The van der Waals surface area contributed by atoms with Crippen molar-refractivity contribution in [2.45, 2.75) is 45.7 Å². The van der Waals surface area contributed by atoms with E-state index in [1.54, 1.807) is 12.1 Å². The largest absolute Gasteiger partial charge is 0.349 e. The van der Waals surface area contributed by atoms with E-state index in [9.17, 15) is 9.18 Å². The van der Waals surface area contributed by atoms with Crippen LogP contribution in [0.2, 0.25) is 5.02 Å². The maximum Gasteiger partial charge on any atom is 0.223 e. The molecule has 1 saturated heterocycles. The molecule has 0 spiro atoms. The molecule has 1 aliphatic heterocycles. The standard InChI is InChI=1S/C24H30ClFN2O/c1-17(2)15-23(18-7-4-3-5-8-18)27-24(29)19-11-13-28(14-12-19)16-20-21(25)9-6-10-22(20)26/h3-10,17,19,23H,11-16H2,1-2H3,(H,27,29)/t23-/m0/s1. The van der Waals surface area contributed by atoms with Crippen LogP contribution >= 0.6 is 11.6 Å². The van der Waals surface area contributed by atoms with E-state index in [4.69, 9.17) is 11.6 Å². The zero-order valence-electron chi connectivity index (χ0n) is 17.2. The van der Waals surface area contributed by atoms with E-state index in [-0.39, 0.29) is 23.7 Å². The highest BCUT2D eigenvalue weighted by Crippen LogP contribution is 2.26. The Kier molecular flexibility index (Phi) is 7.68. The van der Waals surface area contributed by atoms with E-state index in [0.717, 1.165) is 37.9 Å². The number of carbonyl (C=O) groups excluding carboxylic acids is 1. The molecule has 156 valence electrons. The number of hydrogen-bond donors (Lipinski definition) is 1. The van der Waals surface area contributed by atoms with Gasteiger partial charge in [-0.05, 0) is 56.0 Å². The summed E-state index contributed by atoms with van der Waals surface area (Å²) in [5.74, 6) is 0.355. The van der Waals surface area contributed by atoms with Crippen LogP contribution in [0.25, 0.3) is 0 Å². The number of benzene rings is 2. The minimum atomic E-state index is -0.267. The van der Waals surface area contributed by atoms with Crippen LogP contribution in [0.1, 0.15) is 50.3 Å². The molecule has 0 saturated carbocycles. The predicted molar refractivity (Wildman–Crippen MR) is 116 cm³/mol. The van der Waals surface area contributed by atoms with Gasteiger partial charge in [0.05, 0.1) is 6.04 Å². The fraction of sp³-hybridized carbons (Fsp3) is 0.458. The number of piperidine rings is 1. The van der Waals surface area contributed by atoms with E-state index in [0.29, 0.717) is 23.0 Å². The van der Waals surface area contributed by atoms with Crippen molar-refractivity contribution >= 4 is 17.5 Å². The second-order valence-corrected chi connectivity index (χ2v) is 8.76. The summed E-state index contributed by atoms with van der Waals surface area (Å²) in [6, 6.07) is 15.0. The highest BCUT2D eigenvalue weighted by molar-refractivity contribution is 6.31. The van der Waals surface area contributed by atoms with Gasteiger partial charge in [-0.1, -0.05) is 61.8 Å². The number of rotatable bonds is 7. The molecule has 0 unspecified atom stereocenters. The number of nitrogens with zero attached hydrogens (tertiary/aromatic N) is 1. The summed E-state index contributed by atoms with van der Waals surface area (Å²) in [7, 11) is 0. The maximum atomic E-state index is 14.0. The van der Waals surface area contributed by atoms with Crippen LogP contribution < -0.4 is 5.32 Å². The fourth-order valence-electron chi connectivity index (χ4n) is 3.98. The van der Waals surface area contributed by atoms with Crippen LogP contribution in [-0.4, -0.2) is 23.9 Å². The molecule has 0 aliphatic carbocycles. The van der Waals surface area contributed by atoms with Crippen LogP contribution in [0.5, 0.6) is 0 Å². The van der Waals surface area contributed by atoms with Crippen molar-refractivity contribution in [3.05, 3.63) is 70.5 Å². The number of likely N-dealkylation sites (tertiary alicyclic amines) is 1. The van der Waals surface area contributed by atoms with Crippen LogP contribution in [-0.2, 0) is 11.3 Å². The topological polar surface area (TPSA) is 32.3 Å². The Hall–Kier alpha value is -1.91. The summed E-state index contributed by atoms with van der Waals surface area (Å²) >= 11 is 6.15. The molecule has 0 bridgehead atoms. The molecule has 3 rings (SSSR count). The van der Waals surface area contributed by atoms with Crippen molar-refractivity contribution in [3.63, 3.8) is 0 Å². The Balaban J connectivity index is 1.56. The lowest BCUT2D eigenvalue weighted by molar-refractivity contribution is -0.127. The number of carbonyl (C=O) groups is 1. The van der Waals surface area contributed by atoms with Crippen molar-refractivity contribution in [2.75, 3.05) is 13.1 Å². The molecule has 2 aromatic carbocycles. The van der Waals surface area contributed by atoms with Crippen molar-refractivity contribution in [3.8, 4) is 0 Å². The Bertz CT molecular complexity index is 784. The summed E-state index contributed by atoms with van der Waals surface area (Å²) in [6.07, 6.45) is 2.47. The second kappa shape index (κ2) is 10.2. The maximum absolute atomic E-state index is 14.0. The van der Waals surface area contributed by atoms with E-state index in [1.165, 1.54) is 6.07 Å². The van der Waals surface area contributed by atoms with E-state index in [2.05, 4.69) is 36.2 Å². The van der Waals surface area contributed by atoms with Crippen LogP contribution in [0.3, 0.4) is 0 Å².